The van der Waals surface area contributed by atoms with Gasteiger partial charge in [0.05, 0.1) is 5.75 Å². The van der Waals surface area contributed by atoms with Gasteiger partial charge in [0.1, 0.15) is 12.5 Å². The largest absolute Gasteiger partial charge is 0.353 e. The molecule has 0 atom stereocenters. The van der Waals surface area contributed by atoms with E-state index in [2.05, 4.69) is 10.3 Å². The molecule has 1 saturated carbocycles. The quantitative estimate of drug-likeness (QED) is 0.804. The average molecular weight is 411 g/mol. The number of amidine groups is 2. The molecule has 0 unspecified atom stereocenters. The van der Waals surface area contributed by atoms with E-state index >= 15 is 0 Å². The van der Waals surface area contributed by atoms with Crippen molar-refractivity contribution < 1.29 is 9.18 Å². The molecule has 1 aliphatic carbocycles. The monoisotopic (exact) mass is 410 g/mol. The lowest BCUT2D eigenvalue weighted by molar-refractivity contribution is -0.119. The molecule has 1 amide bonds. The number of anilines is 1. The van der Waals surface area contributed by atoms with Crippen LogP contribution in [0.15, 0.2) is 64.6 Å². The second-order valence-electron chi connectivity index (χ2n) is 7.13. The minimum atomic E-state index is -0.290. The van der Waals surface area contributed by atoms with Crippen LogP contribution in [-0.4, -0.2) is 35.4 Å². The maximum atomic E-state index is 13.3. The highest BCUT2D eigenvalue weighted by atomic mass is 32.2. The zero-order valence-electron chi connectivity index (χ0n) is 16.1. The summed E-state index contributed by atoms with van der Waals surface area (Å²) in [7, 11) is 0. The van der Waals surface area contributed by atoms with E-state index in [0.29, 0.717) is 23.7 Å². The number of aliphatic imine (C=N–C) groups is 2. The number of rotatable bonds is 5. The first-order chi connectivity index (χ1) is 14.2. The smallest absolute Gasteiger partial charge is 0.230 e. The Bertz CT molecular complexity index is 908. The molecule has 4 rings (SSSR count). The predicted molar refractivity (Wildman–Crippen MR) is 117 cm³/mol. The van der Waals surface area contributed by atoms with Crippen LogP contribution in [0.2, 0.25) is 0 Å². The van der Waals surface area contributed by atoms with Crippen LogP contribution in [-0.2, 0) is 4.79 Å². The zero-order valence-corrected chi connectivity index (χ0v) is 16.9. The number of nitrogens with one attached hydrogen (secondary N) is 1. The minimum absolute atomic E-state index is 0.0208. The van der Waals surface area contributed by atoms with Gasteiger partial charge in [-0.15, -0.1) is 0 Å². The number of amides is 1. The fourth-order valence-electron chi connectivity index (χ4n) is 3.52. The SMILES string of the molecule is O=C(CSC1=NC(c2ccccc2)=NCN1c1ccc(F)cc1)NC1CCCC1. The first-order valence-electron chi connectivity index (χ1n) is 9.83. The van der Waals surface area contributed by atoms with Crippen LogP contribution in [0.4, 0.5) is 10.1 Å². The van der Waals surface area contributed by atoms with Crippen LogP contribution in [0.1, 0.15) is 31.2 Å². The van der Waals surface area contributed by atoms with Crippen molar-refractivity contribution in [2.75, 3.05) is 17.3 Å². The van der Waals surface area contributed by atoms with Crippen LogP contribution >= 0.6 is 11.8 Å². The van der Waals surface area contributed by atoms with Crippen LogP contribution < -0.4 is 10.2 Å². The van der Waals surface area contributed by atoms with E-state index in [1.165, 1.54) is 36.7 Å². The van der Waals surface area contributed by atoms with Gasteiger partial charge in [0, 0.05) is 17.3 Å². The number of benzene rings is 2. The molecule has 0 spiro atoms. The zero-order chi connectivity index (χ0) is 20.1. The molecule has 2 aliphatic rings. The van der Waals surface area contributed by atoms with Crippen molar-refractivity contribution in [2.24, 2.45) is 9.98 Å². The molecule has 0 bridgehead atoms. The highest BCUT2D eigenvalue weighted by Gasteiger charge is 2.22. The highest BCUT2D eigenvalue weighted by molar-refractivity contribution is 8.14. The van der Waals surface area contributed by atoms with Gasteiger partial charge in [-0.2, -0.15) is 0 Å². The van der Waals surface area contributed by atoms with Crippen molar-refractivity contribution in [2.45, 2.75) is 31.7 Å². The van der Waals surface area contributed by atoms with E-state index < -0.39 is 0 Å². The molecule has 1 aliphatic heterocycles. The van der Waals surface area contributed by atoms with Gasteiger partial charge in [0.2, 0.25) is 5.91 Å². The lowest BCUT2D eigenvalue weighted by Crippen LogP contribution is -2.37. The maximum absolute atomic E-state index is 13.3. The molecule has 0 aromatic heterocycles. The van der Waals surface area contributed by atoms with Gasteiger partial charge in [0.15, 0.2) is 11.0 Å². The number of hydrogen-bond donors (Lipinski definition) is 1. The second-order valence-corrected chi connectivity index (χ2v) is 8.07. The highest BCUT2D eigenvalue weighted by Crippen LogP contribution is 2.24. The van der Waals surface area contributed by atoms with E-state index in [1.807, 2.05) is 35.2 Å². The van der Waals surface area contributed by atoms with E-state index in [1.54, 1.807) is 12.1 Å². The third-order valence-electron chi connectivity index (χ3n) is 5.02. The van der Waals surface area contributed by atoms with Crippen molar-refractivity contribution in [1.29, 1.82) is 0 Å². The molecule has 1 fully saturated rings. The molecule has 0 radical (unpaired) electrons. The number of halogens is 1. The van der Waals surface area contributed by atoms with Gasteiger partial charge < -0.3 is 10.2 Å². The third-order valence-corrected chi connectivity index (χ3v) is 5.99. The topological polar surface area (TPSA) is 57.1 Å². The molecule has 1 N–H and O–H groups in total. The Morgan fingerprint density at radius 3 is 2.55 bits per heavy atom. The predicted octanol–water partition coefficient (Wildman–Crippen LogP) is 4.20. The average Bonchev–Trinajstić information content (AvgIpc) is 3.26. The van der Waals surface area contributed by atoms with E-state index in [4.69, 9.17) is 4.99 Å². The van der Waals surface area contributed by atoms with E-state index in [0.717, 1.165) is 24.1 Å². The number of hydrogen-bond acceptors (Lipinski definition) is 5. The Balaban J connectivity index is 1.51. The molecule has 29 heavy (non-hydrogen) atoms. The maximum Gasteiger partial charge on any atom is 0.230 e. The molecule has 150 valence electrons. The first-order valence-corrected chi connectivity index (χ1v) is 10.8. The van der Waals surface area contributed by atoms with Gasteiger partial charge in [-0.25, -0.2) is 14.4 Å². The van der Waals surface area contributed by atoms with Gasteiger partial charge in [-0.1, -0.05) is 54.9 Å². The summed E-state index contributed by atoms with van der Waals surface area (Å²) in [6.45, 7) is 0.367. The van der Waals surface area contributed by atoms with E-state index in [-0.39, 0.29) is 17.5 Å². The molecular weight excluding hydrogens is 387 g/mol. The molecule has 2 aromatic rings. The normalized spacial score (nSPS) is 17.1. The summed E-state index contributed by atoms with van der Waals surface area (Å²) >= 11 is 1.38. The summed E-state index contributed by atoms with van der Waals surface area (Å²) < 4.78 is 13.3. The molecule has 0 saturated heterocycles. The van der Waals surface area contributed by atoms with Crippen LogP contribution in [0, 0.1) is 5.82 Å². The number of thioether (sulfide) groups is 1. The Morgan fingerprint density at radius 2 is 1.83 bits per heavy atom. The molecule has 2 aromatic carbocycles. The molecular formula is C22H23FN4OS. The lowest BCUT2D eigenvalue weighted by Gasteiger charge is -2.27. The molecule has 5 nitrogen and oxygen atoms in total. The number of carbonyl (C=O) groups excluding carboxylic acids is 1. The van der Waals surface area contributed by atoms with Gasteiger partial charge >= 0.3 is 0 Å². The minimum Gasteiger partial charge on any atom is -0.353 e. The van der Waals surface area contributed by atoms with Gasteiger partial charge in [-0.05, 0) is 37.1 Å². The Kier molecular flexibility index (Phi) is 6.24. The van der Waals surface area contributed by atoms with Crippen molar-refractivity contribution >= 4 is 34.4 Å². The van der Waals surface area contributed by atoms with Crippen molar-refractivity contribution in [1.82, 2.24) is 5.32 Å². The lowest BCUT2D eigenvalue weighted by atomic mass is 10.2. The fraction of sp³-hybridized carbons (Fsp3) is 0.318. The Morgan fingerprint density at radius 1 is 1.10 bits per heavy atom. The summed E-state index contributed by atoms with van der Waals surface area (Å²) in [5.41, 5.74) is 1.73. The number of nitrogens with zero attached hydrogens (tertiary/aromatic N) is 3. The Labute approximate surface area is 174 Å². The van der Waals surface area contributed by atoms with Crippen LogP contribution in [0.25, 0.3) is 0 Å². The van der Waals surface area contributed by atoms with Gasteiger partial charge in [0.25, 0.3) is 0 Å². The summed E-state index contributed by atoms with van der Waals surface area (Å²) in [6.07, 6.45) is 4.48. The van der Waals surface area contributed by atoms with Crippen molar-refractivity contribution in [3.05, 3.63) is 66.0 Å². The van der Waals surface area contributed by atoms with Crippen molar-refractivity contribution in [3.63, 3.8) is 0 Å². The number of carbonyl (C=O) groups is 1. The third kappa shape index (κ3) is 5.03. The molecule has 7 heteroatoms. The summed E-state index contributed by atoms with van der Waals surface area (Å²) in [5, 5.41) is 3.80. The first kappa shape index (κ1) is 19.6. The standard InChI is InChI=1S/C22H23FN4OS/c23-17-10-12-19(13-11-17)27-15-24-21(16-6-2-1-3-7-16)26-22(27)29-14-20(28)25-18-8-4-5-9-18/h1-3,6-7,10-13,18H,4-5,8-9,14-15H2,(H,25,28). The molecule has 1 heterocycles. The summed E-state index contributed by atoms with van der Waals surface area (Å²) in [5.74, 6) is 0.658. The summed E-state index contributed by atoms with van der Waals surface area (Å²) in [6, 6.07) is 16.3. The Hall–Kier alpha value is -2.67. The summed E-state index contributed by atoms with van der Waals surface area (Å²) in [4.78, 5) is 23.6. The van der Waals surface area contributed by atoms with E-state index in [9.17, 15) is 9.18 Å². The second kappa shape index (κ2) is 9.22. The van der Waals surface area contributed by atoms with Gasteiger partial charge in [-0.3, -0.25) is 4.79 Å². The van der Waals surface area contributed by atoms with Crippen LogP contribution in [0.5, 0.6) is 0 Å². The van der Waals surface area contributed by atoms with Crippen LogP contribution in [0.3, 0.4) is 0 Å². The fourth-order valence-corrected chi connectivity index (χ4v) is 4.33. The van der Waals surface area contributed by atoms with Crippen molar-refractivity contribution in [3.8, 4) is 0 Å².